The normalized spacial score (nSPS) is 11.1. The average molecular weight is 320 g/mol. The Morgan fingerprint density at radius 1 is 1.18 bits per heavy atom. The first-order valence-corrected chi connectivity index (χ1v) is 7.31. The molecule has 0 amide bonds. The largest absolute Gasteiger partial charge is 0.275 e. The first kappa shape index (κ1) is 14.7. The predicted molar refractivity (Wildman–Crippen MR) is 82.1 cm³/mol. The van der Waals surface area contributed by atoms with Crippen LogP contribution in [-0.4, -0.2) is 24.5 Å². The lowest BCUT2D eigenvalue weighted by molar-refractivity contribution is 0.621. The van der Waals surface area contributed by atoms with Crippen LogP contribution in [0.1, 0.15) is 18.1 Å². The summed E-state index contributed by atoms with van der Waals surface area (Å²) < 4.78 is 16.5. The van der Waals surface area contributed by atoms with Gasteiger partial charge in [0.25, 0.3) is 0 Å². The number of hydrogen-bond donors (Lipinski definition) is 0. The van der Waals surface area contributed by atoms with Crippen molar-refractivity contribution >= 4 is 11.6 Å². The quantitative estimate of drug-likeness (QED) is 0.742. The molecule has 114 valence electrons. The molecule has 0 unspecified atom stereocenters. The van der Waals surface area contributed by atoms with Crippen molar-refractivity contribution in [2.45, 2.75) is 19.9 Å². The summed E-state index contributed by atoms with van der Waals surface area (Å²) in [6.07, 6.45) is 5.63. The van der Waals surface area contributed by atoms with Gasteiger partial charge in [-0.2, -0.15) is 10.2 Å². The third kappa shape index (κ3) is 2.87. The van der Waals surface area contributed by atoms with Gasteiger partial charge in [-0.25, -0.2) is 4.39 Å². The molecule has 0 radical (unpaired) electrons. The molecule has 3 aromatic heterocycles. The lowest BCUT2D eigenvalue weighted by Crippen LogP contribution is -1.93. The maximum absolute atomic E-state index is 13.0. The summed E-state index contributed by atoms with van der Waals surface area (Å²) >= 11 is 6.18. The van der Waals surface area contributed by atoms with Crippen LogP contribution in [-0.2, 0) is 20.0 Å². The molecule has 0 fully saturated rings. The SMILES string of the molecule is CCn1cc(Cc2cn(C)nc2-c2ccc(F)cn2)c(Cl)n1. The van der Waals surface area contributed by atoms with Gasteiger partial charge in [0.05, 0.1) is 11.9 Å². The second-order valence-electron chi connectivity index (χ2n) is 5.02. The van der Waals surface area contributed by atoms with Gasteiger partial charge in [-0.15, -0.1) is 0 Å². The van der Waals surface area contributed by atoms with Gasteiger partial charge in [0.15, 0.2) is 5.15 Å². The lowest BCUT2D eigenvalue weighted by Gasteiger charge is -2.01. The van der Waals surface area contributed by atoms with Gasteiger partial charge >= 0.3 is 0 Å². The van der Waals surface area contributed by atoms with Crippen LogP contribution < -0.4 is 0 Å². The summed E-state index contributed by atoms with van der Waals surface area (Å²) in [6.45, 7) is 2.77. The molecule has 0 bridgehead atoms. The molecule has 0 aliphatic carbocycles. The van der Waals surface area contributed by atoms with E-state index in [-0.39, 0.29) is 5.82 Å². The third-order valence-corrected chi connectivity index (χ3v) is 3.68. The Hall–Kier alpha value is -2.21. The van der Waals surface area contributed by atoms with Gasteiger partial charge in [0, 0.05) is 43.5 Å². The van der Waals surface area contributed by atoms with Crippen molar-refractivity contribution in [3.63, 3.8) is 0 Å². The number of halogens is 2. The number of nitrogens with zero attached hydrogens (tertiary/aromatic N) is 5. The fourth-order valence-electron chi connectivity index (χ4n) is 2.32. The van der Waals surface area contributed by atoms with Crippen molar-refractivity contribution in [2.24, 2.45) is 7.05 Å². The molecule has 7 heteroatoms. The summed E-state index contributed by atoms with van der Waals surface area (Å²) in [5, 5.41) is 9.15. The topological polar surface area (TPSA) is 48.5 Å². The van der Waals surface area contributed by atoms with Gasteiger partial charge in [-0.1, -0.05) is 11.6 Å². The Kier molecular flexibility index (Phi) is 3.94. The number of aryl methyl sites for hydroxylation is 2. The second kappa shape index (κ2) is 5.88. The summed E-state index contributed by atoms with van der Waals surface area (Å²) in [5.41, 5.74) is 3.26. The standard InChI is InChI=1S/C15H15ClFN5/c1-3-22-9-11(15(16)20-22)6-10-8-21(2)19-14(10)13-5-4-12(17)7-18-13/h4-5,7-9H,3,6H2,1-2H3. The first-order chi connectivity index (χ1) is 10.6. The van der Waals surface area contributed by atoms with Crippen LogP contribution in [0.2, 0.25) is 5.15 Å². The zero-order chi connectivity index (χ0) is 15.7. The molecule has 0 aliphatic rings. The van der Waals surface area contributed by atoms with Crippen molar-refractivity contribution in [3.05, 3.63) is 52.8 Å². The molecule has 22 heavy (non-hydrogen) atoms. The highest BCUT2D eigenvalue weighted by atomic mass is 35.5. The Morgan fingerprint density at radius 3 is 2.64 bits per heavy atom. The second-order valence-corrected chi connectivity index (χ2v) is 5.37. The van der Waals surface area contributed by atoms with Gasteiger partial charge in [0.1, 0.15) is 11.5 Å². The summed E-state index contributed by atoms with van der Waals surface area (Å²) in [7, 11) is 1.84. The summed E-state index contributed by atoms with van der Waals surface area (Å²) in [4.78, 5) is 4.10. The van der Waals surface area contributed by atoms with Crippen LogP contribution in [0.4, 0.5) is 4.39 Å². The van der Waals surface area contributed by atoms with Crippen molar-refractivity contribution in [1.82, 2.24) is 24.5 Å². The molecule has 0 spiro atoms. The summed E-state index contributed by atoms with van der Waals surface area (Å²) in [6, 6.07) is 3.00. The maximum atomic E-state index is 13.0. The van der Waals surface area contributed by atoms with Crippen molar-refractivity contribution in [1.29, 1.82) is 0 Å². The Balaban J connectivity index is 1.97. The van der Waals surface area contributed by atoms with E-state index in [9.17, 15) is 4.39 Å². The zero-order valence-electron chi connectivity index (χ0n) is 12.3. The number of pyridine rings is 1. The Morgan fingerprint density at radius 2 is 2.00 bits per heavy atom. The minimum absolute atomic E-state index is 0.367. The molecule has 3 rings (SSSR count). The fourth-order valence-corrected chi connectivity index (χ4v) is 2.54. The number of hydrogen-bond acceptors (Lipinski definition) is 3. The maximum Gasteiger partial charge on any atom is 0.154 e. The van der Waals surface area contributed by atoms with Crippen molar-refractivity contribution < 1.29 is 4.39 Å². The van der Waals surface area contributed by atoms with E-state index < -0.39 is 0 Å². The van der Waals surface area contributed by atoms with Crippen LogP contribution in [0.3, 0.4) is 0 Å². The van der Waals surface area contributed by atoms with Gasteiger partial charge in [0.2, 0.25) is 0 Å². The Bertz CT molecular complexity index is 791. The zero-order valence-corrected chi connectivity index (χ0v) is 13.0. The van der Waals surface area contributed by atoms with E-state index in [2.05, 4.69) is 15.2 Å². The molecule has 0 atom stereocenters. The molecule has 0 saturated heterocycles. The highest BCUT2D eigenvalue weighted by molar-refractivity contribution is 6.30. The highest BCUT2D eigenvalue weighted by Gasteiger charge is 2.15. The van der Waals surface area contributed by atoms with Gasteiger partial charge in [-0.05, 0) is 19.1 Å². The summed E-state index contributed by atoms with van der Waals surface area (Å²) in [5.74, 6) is -0.367. The van der Waals surface area contributed by atoms with E-state index in [0.29, 0.717) is 17.3 Å². The van der Waals surface area contributed by atoms with E-state index in [1.54, 1.807) is 15.4 Å². The molecular formula is C15H15ClFN5. The van der Waals surface area contributed by atoms with E-state index in [1.165, 1.54) is 12.3 Å². The molecule has 0 N–H and O–H groups in total. The Labute approximate surface area is 132 Å². The van der Waals surface area contributed by atoms with Gasteiger partial charge in [-0.3, -0.25) is 14.3 Å². The number of aromatic nitrogens is 5. The smallest absolute Gasteiger partial charge is 0.154 e. The molecule has 0 aliphatic heterocycles. The van der Waals surface area contributed by atoms with Gasteiger partial charge < -0.3 is 0 Å². The predicted octanol–water partition coefficient (Wildman–Crippen LogP) is 3.08. The minimum atomic E-state index is -0.367. The van der Waals surface area contributed by atoms with Crippen LogP contribution in [0.5, 0.6) is 0 Å². The van der Waals surface area contributed by atoms with Crippen LogP contribution in [0, 0.1) is 5.82 Å². The molecule has 5 nitrogen and oxygen atoms in total. The molecule has 0 saturated carbocycles. The van der Waals surface area contributed by atoms with Crippen molar-refractivity contribution in [3.8, 4) is 11.4 Å². The molecule has 0 aromatic carbocycles. The minimum Gasteiger partial charge on any atom is -0.275 e. The van der Waals surface area contributed by atoms with Crippen molar-refractivity contribution in [2.75, 3.05) is 0 Å². The third-order valence-electron chi connectivity index (χ3n) is 3.37. The molecular weight excluding hydrogens is 305 g/mol. The highest BCUT2D eigenvalue weighted by Crippen LogP contribution is 2.25. The first-order valence-electron chi connectivity index (χ1n) is 6.93. The van der Waals surface area contributed by atoms with E-state index in [0.717, 1.165) is 23.4 Å². The average Bonchev–Trinajstić information content (AvgIpc) is 3.03. The molecule has 3 heterocycles. The van der Waals surface area contributed by atoms with E-state index in [1.807, 2.05) is 26.4 Å². The lowest BCUT2D eigenvalue weighted by atomic mass is 10.1. The van der Waals surface area contributed by atoms with Crippen LogP contribution in [0.15, 0.2) is 30.7 Å². The number of rotatable bonds is 4. The van der Waals surface area contributed by atoms with Crippen LogP contribution >= 0.6 is 11.6 Å². The van der Waals surface area contributed by atoms with E-state index in [4.69, 9.17) is 11.6 Å². The molecule has 3 aromatic rings. The fraction of sp³-hybridized carbons (Fsp3) is 0.267. The van der Waals surface area contributed by atoms with Crippen LogP contribution in [0.25, 0.3) is 11.4 Å². The van der Waals surface area contributed by atoms with E-state index >= 15 is 0 Å². The monoisotopic (exact) mass is 319 g/mol.